The molecule has 0 atom stereocenters. The fourth-order valence-corrected chi connectivity index (χ4v) is 3.11. The van der Waals surface area contributed by atoms with Crippen molar-refractivity contribution >= 4 is 16.9 Å². The summed E-state index contributed by atoms with van der Waals surface area (Å²) >= 11 is 0. The lowest BCUT2D eigenvalue weighted by molar-refractivity contribution is -0.144. The number of fused-ring (bicyclic) bond motifs is 2. The van der Waals surface area contributed by atoms with Crippen molar-refractivity contribution in [3.8, 4) is 17.2 Å². The molecule has 2 aromatic carbocycles. The van der Waals surface area contributed by atoms with Gasteiger partial charge in [-0.1, -0.05) is 6.07 Å². The Balaban J connectivity index is 1.49. The van der Waals surface area contributed by atoms with Gasteiger partial charge in [0.2, 0.25) is 0 Å². The quantitative estimate of drug-likeness (QED) is 0.548. The van der Waals surface area contributed by atoms with Gasteiger partial charge in [-0.15, -0.1) is 0 Å². The molecule has 0 fully saturated rings. The number of esters is 1. The van der Waals surface area contributed by atoms with Gasteiger partial charge in [-0.05, 0) is 36.8 Å². The number of benzene rings is 2. The van der Waals surface area contributed by atoms with Crippen LogP contribution in [0, 0.1) is 6.92 Å². The Hall–Kier alpha value is -3.48. The molecule has 4 rings (SSSR count). The number of hydrogen-bond donors (Lipinski definition) is 1. The number of carbonyl (C=O) groups excluding carboxylic acids is 1. The Labute approximate surface area is 160 Å². The van der Waals surface area contributed by atoms with E-state index in [2.05, 4.69) is 0 Å². The van der Waals surface area contributed by atoms with E-state index in [1.165, 1.54) is 12.1 Å². The number of carbonyl (C=O) groups is 1. The van der Waals surface area contributed by atoms with Crippen molar-refractivity contribution < 1.29 is 28.5 Å². The van der Waals surface area contributed by atoms with E-state index in [1.54, 1.807) is 31.2 Å². The van der Waals surface area contributed by atoms with Crippen LogP contribution in [0.4, 0.5) is 0 Å². The highest BCUT2D eigenvalue weighted by atomic mass is 16.6. The molecule has 0 saturated heterocycles. The minimum atomic E-state index is -0.570. The van der Waals surface area contributed by atoms with Gasteiger partial charge in [0, 0.05) is 22.6 Å². The fraction of sp³-hybridized carbons (Fsp3) is 0.238. The molecule has 0 saturated carbocycles. The molecule has 1 aromatic heterocycles. The summed E-state index contributed by atoms with van der Waals surface area (Å²) < 4.78 is 21.5. The molecule has 0 amide bonds. The van der Waals surface area contributed by atoms with Gasteiger partial charge in [0.1, 0.15) is 31.2 Å². The van der Waals surface area contributed by atoms with E-state index in [9.17, 15) is 14.7 Å². The summed E-state index contributed by atoms with van der Waals surface area (Å²) in [5.74, 6) is 0.861. The number of aromatic hydroxyl groups is 1. The second-order valence-corrected chi connectivity index (χ2v) is 6.49. The molecule has 1 aliphatic rings. The first kappa shape index (κ1) is 17.9. The fourth-order valence-electron chi connectivity index (χ4n) is 3.11. The molecule has 0 radical (unpaired) electrons. The third-order valence-corrected chi connectivity index (χ3v) is 4.56. The summed E-state index contributed by atoms with van der Waals surface area (Å²) in [6, 6.07) is 9.74. The standard InChI is InChI=1S/C21H18O7/c1-12-16(22)4-3-15-14(10-20(24)28-21(12)15)11-27-19(23)9-13-2-5-17-18(8-13)26-7-6-25-17/h2-5,8,10,22H,6-7,9,11H2,1H3. The van der Waals surface area contributed by atoms with Crippen LogP contribution in [0.1, 0.15) is 16.7 Å². The van der Waals surface area contributed by atoms with E-state index >= 15 is 0 Å². The topological polar surface area (TPSA) is 95.2 Å². The lowest BCUT2D eigenvalue weighted by Gasteiger charge is -2.18. The lowest BCUT2D eigenvalue weighted by Crippen LogP contribution is -2.16. The van der Waals surface area contributed by atoms with Gasteiger partial charge in [0.05, 0.1) is 6.42 Å². The summed E-state index contributed by atoms with van der Waals surface area (Å²) in [4.78, 5) is 24.1. The zero-order valence-corrected chi connectivity index (χ0v) is 15.2. The maximum absolute atomic E-state index is 12.3. The summed E-state index contributed by atoms with van der Waals surface area (Å²) in [6.45, 7) is 2.55. The van der Waals surface area contributed by atoms with Crippen LogP contribution in [0.15, 0.2) is 45.6 Å². The normalized spacial score (nSPS) is 12.8. The molecule has 1 aliphatic heterocycles. The van der Waals surface area contributed by atoms with Crippen molar-refractivity contribution in [2.45, 2.75) is 20.0 Å². The van der Waals surface area contributed by atoms with Gasteiger partial charge in [0.25, 0.3) is 0 Å². The average Bonchev–Trinajstić information content (AvgIpc) is 2.69. The molecule has 0 aliphatic carbocycles. The second kappa shape index (κ2) is 7.26. The predicted molar refractivity (Wildman–Crippen MR) is 99.8 cm³/mol. The zero-order chi connectivity index (χ0) is 19.7. The third kappa shape index (κ3) is 3.51. The predicted octanol–water partition coefficient (Wildman–Crippen LogP) is 2.86. The summed E-state index contributed by atoms with van der Waals surface area (Å²) in [6.07, 6.45) is 0.0653. The summed E-state index contributed by atoms with van der Waals surface area (Å²) in [7, 11) is 0. The van der Waals surface area contributed by atoms with Crippen molar-refractivity contribution in [3.05, 3.63) is 63.5 Å². The SMILES string of the molecule is Cc1c(O)ccc2c(COC(=O)Cc3ccc4c(c3)OCCO4)cc(=O)oc12. The van der Waals surface area contributed by atoms with Crippen LogP contribution < -0.4 is 15.1 Å². The highest BCUT2D eigenvalue weighted by Crippen LogP contribution is 2.31. The Morgan fingerprint density at radius 1 is 1.11 bits per heavy atom. The third-order valence-electron chi connectivity index (χ3n) is 4.56. The largest absolute Gasteiger partial charge is 0.508 e. The molecule has 7 nitrogen and oxygen atoms in total. The minimum absolute atomic E-state index is 0.0309. The van der Waals surface area contributed by atoms with Gasteiger partial charge in [-0.2, -0.15) is 0 Å². The first-order valence-corrected chi connectivity index (χ1v) is 8.81. The van der Waals surface area contributed by atoms with Gasteiger partial charge < -0.3 is 23.7 Å². The van der Waals surface area contributed by atoms with Gasteiger partial charge >= 0.3 is 11.6 Å². The van der Waals surface area contributed by atoms with Crippen molar-refractivity contribution in [2.24, 2.45) is 0 Å². The molecular formula is C21H18O7. The summed E-state index contributed by atoms with van der Waals surface area (Å²) in [5, 5.41) is 10.4. The van der Waals surface area contributed by atoms with Crippen LogP contribution in [-0.2, 0) is 22.6 Å². The van der Waals surface area contributed by atoms with E-state index in [0.29, 0.717) is 41.2 Å². The number of aryl methyl sites for hydroxylation is 1. The van der Waals surface area contributed by atoms with Gasteiger partial charge in [-0.25, -0.2) is 4.79 Å². The van der Waals surface area contributed by atoms with E-state index in [4.69, 9.17) is 18.6 Å². The van der Waals surface area contributed by atoms with E-state index in [-0.39, 0.29) is 24.4 Å². The van der Waals surface area contributed by atoms with Crippen LogP contribution in [0.2, 0.25) is 0 Å². The number of phenolic OH excluding ortho intramolecular Hbond substituents is 1. The first-order chi connectivity index (χ1) is 13.5. The van der Waals surface area contributed by atoms with Crippen LogP contribution in [0.3, 0.4) is 0 Å². The Kier molecular flexibility index (Phi) is 4.65. The molecule has 0 unspecified atom stereocenters. The molecule has 144 valence electrons. The molecule has 0 bridgehead atoms. The summed E-state index contributed by atoms with van der Waals surface area (Å²) in [5.41, 5.74) is 1.43. The Morgan fingerprint density at radius 3 is 2.71 bits per heavy atom. The van der Waals surface area contributed by atoms with Crippen molar-refractivity contribution in [1.82, 2.24) is 0 Å². The highest BCUT2D eigenvalue weighted by molar-refractivity contribution is 5.85. The van der Waals surface area contributed by atoms with E-state index < -0.39 is 11.6 Å². The second-order valence-electron chi connectivity index (χ2n) is 6.49. The van der Waals surface area contributed by atoms with Gasteiger partial charge in [0.15, 0.2) is 11.5 Å². The van der Waals surface area contributed by atoms with Crippen LogP contribution in [0.5, 0.6) is 17.2 Å². The molecule has 3 aromatic rings. The maximum Gasteiger partial charge on any atom is 0.336 e. The van der Waals surface area contributed by atoms with Crippen LogP contribution in [0.25, 0.3) is 11.0 Å². The number of ether oxygens (including phenoxy) is 3. The molecular weight excluding hydrogens is 364 g/mol. The Bertz CT molecular complexity index is 1110. The van der Waals surface area contributed by atoms with E-state index in [1.807, 2.05) is 0 Å². The van der Waals surface area contributed by atoms with Crippen molar-refractivity contribution in [1.29, 1.82) is 0 Å². The van der Waals surface area contributed by atoms with Crippen LogP contribution >= 0.6 is 0 Å². The molecule has 7 heteroatoms. The van der Waals surface area contributed by atoms with Crippen molar-refractivity contribution in [2.75, 3.05) is 13.2 Å². The molecule has 28 heavy (non-hydrogen) atoms. The Morgan fingerprint density at radius 2 is 1.89 bits per heavy atom. The monoisotopic (exact) mass is 382 g/mol. The molecule has 0 spiro atoms. The number of rotatable bonds is 4. The average molecular weight is 382 g/mol. The molecule has 2 heterocycles. The maximum atomic E-state index is 12.3. The molecule has 1 N–H and O–H groups in total. The minimum Gasteiger partial charge on any atom is -0.508 e. The van der Waals surface area contributed by atoms with Gasteiger partial charge in [-0.3, -0.25) is 4.79 Å². The smallest absolute Gasteiger partial charge is 0.336 e. The van der Waals surface area contributed by atoms with Crippen LogP contribution in [-0.4, -0.2) is 24.3 Å². The van der Waals surface area contributed by atoms with E-state index in [0.717, 1.165) is 5.56 Å². The zero-order valence-electron chi connectivity index (χ0n) is 15.2. The number of phenols is 1. The number of hydrogen-bond acceptors (Lipinski definition) is 7. The first-order valence-electron chi connectivity index (χ1n) is 8.81. The lowest BCUT2D eigenvalue weighted by atomic mass is 10.1. The highest BCUT2D eigenvalue weighted by Gasteiger charge is 2.15. The van der Waals surface area contributed by atoms with Crippen molar-refractivity contribution in [3.63, 3.8) is 0 Å².